The van der Waals surface area contributed by atoms with Gasteiger partial charge >= 0.3 is 21.1 Å². The predicted molar refractivity (Wildman–Crippen MR) is 154 cm³/mol. The number of anilines is 1. The molecule has 0 aromatic heterocycles. The van der Waals surface area contributed by atoms with Gasteiger partial charge in [-0.15, -0.1) is 11.8 Å². The summed E-state index contributed by atoms with van der Waals surface area (Å²) >= 11 is 0. The first-order valence-corrected chi connectivity index (χ1v) is 13.5. The average Bonchev–Trinajstić information content (AvgIpc) is 2.94. The molecular weight excluding hydrogens is 689 g/mol. The van der Waals surface area contributed by atoms with Gasteiger partial charge in [0.2, 0.25) is 0 Å². The van der Waals surface area contributed by atoms with Crippen LogP contribution < -0.4 is 5.32 Å². The van der Waals surface area contributed by atoms with Gasteiger partial charge in [-0.3, -0.25) is 0 Å². The van der Waals surface area contributed by atoms with Crippen molar-refractivity contribution in [3.8, 4) is 11.1 Å². The SMILES string of the molecule is CC.CC.CC.O=[C-]Nc1ccccc1-c1ccccc1.[CH2-]CCCCCCN1CC[CH-]CC1.[W+2].[Y]. The zero-order valence-electron chi connectivity index (χ0n) is 23.9. The van der Waals surface area contributed by atoms with Crippen LogP contribution in [0.3, 0.4) is 0 Å². The van der Waals surface area contributed by atoms with E-state index in [1.165, 1.54) is 58.2 Å². The molecule has 1 heterocycles. The van der Waals surface area contributed by atoms with Gasteiger partial charge in [0.25, 0.3) is 0 Å². The zero-order chi connectivity index (χ0) is 25.9. The van der Waals surface area contributed by atoms with Crippen LogP contribution in [0.5, 0.6) is 0 Å². The Kier molecular flexibility index (Phi) is 41.2. The van der Waals surface area contributed by atoms with E-state index in [1.54, 1.807) is 6.41 Å². The van der Waals surface area contributed by atoms with Gasteiger partial charge in [0, 0.05) is 32.7 Å². The Morgan fingerprint density at radius 3 is 1.92 bits per heavy atom. The number of benzene rings is 2. The van der Waals surface area contributed by atoms with Crippen molar-refractivity contribution in [2.75, 3.05) is 25.0 Å². The molecule has 0 unspecified atom stereocenters. The number of nitrogens with zero attached hydrogens (tertiary/aromatic N) is 1. The quantitative estimate of drug-likeness (QED) is 0.158. The van der Waals surface area contributed by atoms with Crippen molar-refractivity contribution in [1.82, 2.24) is 4.90 Å². The van der Waals surface area contributed by atoms with Crippen molar-refractivity contribution < 1.29 is 58.6 Å². The molecule has 1 saturated heterocycles. The topological polar surface area (TPSA) is 32.3 Å². The number of nitrogens with one attached hydrogen (secondary N) is 1. The molecule has 1 aliphatic rings. The number of unbranched alkanes of at least 4 members (excludes halogenated alkanes) is 4. The summed E-state index contributed by atoms with van der Waals surface area (Å²) in [4.78, 5) is 12.9. The molecule has 0 spiro atoms. The van der Waals surface area contributed by atoms with Crippen LogP contribution in [0.1, 0.15) is 86.5 Å². The summed E-state index contributed by atoms with van der Waals surface area (Å²) in [5.74, 6) is 0. The molecule has 1 fully saturated rings. The smallest absolute Gasteiger partial charge is 0.490 e. The number of hydrogen-bond donors (Lipinski definition) is 1. The average molecular weight is 741 g/mol. The fraction of sp³-hybridized carbons (Fsp3) is 0.516. The molecule has 0 aliphatic carbocycles. The number of rotatable bonds is 9. The first-order valence-electron chi connectivity index (χ1n) is 13.5. The van der Waals surface area contributed by atoms with E-state index in [0.29, 0.717) is 0 Å². The Morgan fingerprint density at radius 1 is 0.833 bits per heavy atom. The fourth-order valence-electron chi connectivity index (χ4n) is 3.41. The van der Waals surface area contributed by atoms with E-state index in [2.05, 4.69) is 23.6 Å². The van der Waals surface area contributed by atoms with Gasteiger partial charge < -0.3 is 28.4 Å². The number of carbonyl (C=O) groups excluding carboxylic acids is 1. The van der Waals surface area contributed by atoms with E-state index < -0.39 is 0 Å². The minimum atomic E-state index is 0. The Labute approximate surface area is 264 Å². The van der Waals surface area contributed by atoms with Crippen LogP contribution in [0.4, 0.5) is 5.69 Å². The van der Waals surface area contributed by atoms with E-state index in [-0.39, 0.29) is 53.8 Å². The van der Waals surface area contributed by atoms with Crippen molar-refractivity contribution in [1.29, 1.82) is 0 Å². The van der Waals surface area contributed by atoms with Crippen LogP contribution in [0.15, 0.2) is 54.6 Å². The standard InChI is InChI=1S/C13H10NO.C12H23N.3C2H6.W.Y/c15-10-14-13-9-5-4-8-12(13)11-6-2-1-3-7-11;1-2-3-4-5-7-10-13-11-8-6-9-12-13;3*1-2;;/h1-9H,(H,14,15);6H,1-5,7-12H2;3*1-2H3;;/q-1;-2;;;;+2;. The predicted octanol–water partition coefficient (Wildman–Crippen LogP) is 8.98. The van der Waals surface area contributed by atoms with E-state index in [0.717, 1.165) is 23.2 Å². The number of piperidine rings is 1. The summed E-state index contributed by atoms with van der Waals surface area (Å²) in [6, 6.07) is 17.6. The van der Waals surface area contributed by atoms with Crippen LogP contribution in [-0.4, -0.2) is 30.9 Å². The van der Waals surface area contributed by atoms with Crippen LogP contribution in [-0.2, 0) is 58.6 Å². The van der Waals surface area contributed by atoms with Crippen molar-refractivity contribution in [2.45, 2.75) is 86.5 Å². The van der Waals surface area contributed by atoms with Gasteiger partial charge in [-0.05, 0) is 31.6 Å². The van der Waals surface area contributed by atoms with Gasteiger partial charge in [-0.2, -0.15) is 19.3 Å². The van der Waals surface area contributed by atoms with Crippen molar-refractivity contribution >= 4 is 12.1 Å². The summed E-state index contributed by atoms with van der Waals surface area (Å²) in [7, 11) is 0. The Bertz CT molecular complexity index is 665. The number of likely N-dealkylation sites (tertiary alicyclic amines) is 1. The third kappa shape index (κ3) is 21.7. The van der Waals surface area contributed by atoms with Crippen LogP contribution in [0.25, 0.3) is 11.1 Å². The molecule has 2 aromatic carbocycles. The second-order valence-corrected chi connectivity index (χ2v) is 7.11. The minimum Gasteiger partial charge on any atom is -0.490 e. The second kappa shape index (κ2) is 34.7. The van der Waals surface area contributed by atoms with Crippen molar-refractivity contribution in [2.24, 2.45) is 0 Å². The molecule has 0 saturated carbocycles. The van der Waals surface area contributed by atoms with Crippen LogP contribution >= 0.6 is 0 Å². The summed E-state index contributed by atoms with van der Waals surface area (Å²) in [6.07, 6.45) is 13.3. The fourth-order valence-corrected chi connectivity index (χ4v) is 3.41. The summed E-state index contributed by atoms with van der Waals surface area (Å²) in [5, 5.41) is 2.57. The third-order valence-corrected chi connectivity index (χ3v) is 4.97. The minimum absolute atomic E-state index is 0. The molecule has 36 heavy (non-hydrogen) atoms. The van der Waals surface area contributed by atoms with Crippen molar-refractivity contribution in [3.05, 3.63) is 67.9 Å². The number of para-hydroxylation sites is 1. The Hall–Kier alpha value is -0.338. The van der Waals surface area contributed by atoms with Gasteiger partial charge in [0.05, 0.1) is 6.41 Å². The molecule has 0 atom stereocenters. The molecule has 3 rings (SSSR count). The molecule has 5 heteroatoms. The van der Waals surface area contributed by atoms with Gasteiger partial charge in [0.15, 0.2) is 0 Å². The maximum absolute atomic E-state index is 10.3. The Balaban J connectivity index is -0.000000226. The molecule has 1 N–H and O–H groups in total. The van der Waals surface area contributed by atoms with E-state index in [9.17, 15) is 4.79 Å². The van der Waals surface area contributed by atoms with E-state index in [4.69, 9.17) is 0 Å². The number of amides is 1. The first kappa shape index (κ1) is 42.7. The second-order valence-electron chi connectivity index (χ2n) is 7.11. The molecular formula is C31H51N2OWY-. The van der Waals surface area contributed by atoms with E-state index in [1.807, 2.05) is 96.1 Å². The molecule has 0 bridgehead atoms. The maximum Gasteiger partial charge on any atom is 2.00 e. The summed E-state index contributed by atoms with van der Waals surface area (Å²) < 4.78 is 0. The van der Waals surface area contributed by atoms with E-state index >= 15 is 0 Å². The normalized spacial score (nSPS) is 11.4. The first-order chi connectivity index (χ1) is 16.8. The Morgan fingerprint density at radius 2 is 1.36 bits per heavy atom. The molecule has 1 amide bonds. The monoisotopic (exact) mass is 740 g/mol. The maximum atomic E-state index is 10.3. The third-order valence-electron chi connectivity index (χ3n) is 4.97. The zero-order valence-corrected chi connectivity index (χ0v) is 29.7. The van der Waals surface area contributed by atoms with Gasteiger partial charge in [0.1, 0.15) is 0 Å². The molecule has 201 valence electrons. The van der Waals surface area contributed by atoms with Crippen LogP contribution in [0.2, 0.25) is 0 Å². The summed E-state index contributed by atoms with van der Waals surface area (Å²) in [6.45, 7) is 19.8. The molecule has 3 nitrogen and oxygen atoms in total. The van der Waals surface area contributed by atoms with Crippen molar-refractivity contribution in [3.63, 3.8) is 0 Å². The van der Waals surface area contributed by atoms with Gasteiger partial charge in [-0.25, -0.2) is 0 Å². The van der Waals surface area contributed by atoms with Gasteiger partial charge in [-0.1, -0.05) is 115 Å². The molecule has 2 aromatic rings. The molecule has 1 aliphatic heterocycles. The van der Waals surface area contributed by atoms with Crippen LogP contribution in [0, 0.1) is 13.3 Å². The summed E-state index contributed by atoms with van der Waals surface area (Å²) in [5.41, 5.74) is 2.86. The number of hydrogen-bond acceptors (Lipinski definition) is 2. The largest absolute Gasteiger partial charge is 2.00 e. The molecule has 1 radical (unpaired) electrons.